The van der Waals surface area contributed by atoms with Crippen LogP contribution < -0.4 is 0 Å². The van der Waals surface area contributed by atoms with Gasteiger partial charge in [0.1, 0.15) is 0 Å². The standard InChI is InChI=1S/C10H14.3CHO.CH3.Cr/c1-8(2)10-7-5-4-6-9(10)3;3*1-2;;/h4-8H,1-3H3;3*1H;1H3;/q;4*-1;+4. The summed E-state index contributed by atoms with van der Waals surface area (Å²) in [5.41, 5.74) is 2.86. The van der Waals surface area contributed by atoms with Crippen molar-refractivity contribution in [2.24, 2.45) is 0 Å². The van der Waals surface area contributed by atoms with Crippen LogP contribution in [0, 0.1) is 14.4 Å². The minimum atomic E-state index is 0. The smallest absolute Gasteiger partial charge is 0.545 e. The molecule has 4 heteroatoms. The van der Waals surface area contributed by atoms with Gasteiger partial charge in [-0.25, -0.2) is 0 Å². The number of carbonyl (C=O) groups excluding carboxylic acids is 3. The van der Waals surface area contributed by atoms with Crippen molar-refractivity contribution in [3.05, 3.63) is 42.8 Å². The number of benzene rings is 1. The van der Waals surface area contributed by atoms with E-state index in [0.29, 0.717) is 5.92 Å². The Labute approximate surface area is 122 Å². The molecule has 0 bridgehead atoms. The monoisotopic (exact) mass is 288 g/mol. The van der Waals surface area contributed by atoms with Gasteiger partial charge in [-0.05, 0) is 24.0 Å². The van der Waals surface area contributed by atoms with E-state index in [1.807, 2.05) is 0 Å². The summed E-state index contributed by atoms with van der Waals surface area (Å²) >= 11 is 0. The van der Waals surface area contributed by atoms with Crippen molar-refractivity contribution < 1.29 is 31.7 Å². The Morgan fingerprint density at radius 3 is 1.44 bits per heavy atom. The molecule has 3 nitrogen and oxygen atoms in total. The van der Waals surface area contributed by atoms with Crippen molar-refractivity contribution in [3.8, 4) is 0 Å². The third-order valence-electron chi connectivity index (χ3n) is 1.81. The quantitative estimate of drug-likeness (QED) is 0.590. The summed E-state index contributed by atoms with van der Waals surface area (Å²) in [6.45, 7) is 16.4. The van der Waals surface area contributed by atoms with E-state index in [0.717, 1.165) is 0 Å². The number of aryl methyl sites for hydroxylation is 1. The fraction of sp³-hybridized carbons (Fsp3) is 0.286. The van der Waals surface area contributed by atoms with Gasteiger partial charge in [-0.15, -0.1) is 0 Å². The van der Waals surface area contributed by atoms with Crippen LogP contribution in [0.3, 0.4) is 0 Å². The topological polar surface area (TPSA) is 51.2 Å². The Balaban J connectivity index is -0.0000000623. The largest absolute Gasteiger partial charge is 4.00 e. The molecule has 1 rings (SSSR count). The fourth-order valence-electron chi connectivity index (χ4n) is 1.23. The second-order valence-electron chi connectivity index (χ2n) is 3.01. The maximum absolute atomic E-state index is 7.75. The van der Waals surface area contributed by atoms with Crippen LogP contribution >= 0.6 is 0 Å². The van der Waals surface area contributed by atoms with Crippen molar-refractivity contribution in [3.63, 3.8) is 0 Å². The zero-order valence-electron chi connectivity index (χ0n) is 11.3. The molecule has 0 aliphatic heterocycles. The summed E-state index contributed by atoms with van der Waals surface area (Å²) in [6.07, 6.45) is 0. The van der Waals surface area contributed by atoms with Crippen molar-refractivity contribution in [2.75, 3.05) is 0 Å². The molecule has 0 heterocycles. The normalized spacial score (nSPS) is 6.44. The number of rotatable bonds is 1. The molecule has 0 aliphatic carbocycles. The van der Waals surface area contributed by atoms with Crippen molar-refractivity contribution >= 4 is 20.4 Å². The van der Waals surface area contributed by atoms with Gasteiger partial charge in [0.15, 0.2) is 0 Å². The minimum Gasteiger partial charge on any atom is -0.545 e. The average Bonchev–Trinajstić information content (AvgIpc) is 2.37. The molecule has 18 heavy (non-hydrogen) atoms. The molecule has 0 unspecified atom stereocenters. The molecule has 0 aromatic heterocycles. The van der Waals surface area contributed by atoms with Gasteiger partial charge in [0, 0.05) is 0 Å². The van der Waals surface area contributed by atoms with Crippen LogP contribution in [-0.4, -0.2) is 20.4 Å². The Morgan fingerprint density at radius 2 is 1.22 bits per heavy atom. The molecule has 0 N–H and O–H groups in total. The summed E-state index contributed by atoms with van der Waals surface area (Å²) in [7, 11) is 0. The van der Waals surface area contributed by atoms with E-state index in [4.69, 9.17) is 14.4 Å². The molecule has 0 atom stereocenters. The molecule has 0 aliphatic rings. The van der Waals surface area contributed by atoms with E-state index in [9.17, 15) is 0 Å². The van der Waals surface area contributed by atoms with Crippen LogP contribution in [-0.2, 0) is 31.7 Å². The Kier molecular flexibility index (Phi) is 41.5. The van der Waals surface area contributed by atoms with Gasteiger partial charge in [0.25, 0.3) is 0 Å². The van der Waals surface area contributed by atoms with E-state index >= 15 is 0 Å². The van der Waals surface area contributed by atoms with Crippen LogP contribution in [0.5, 0.6) is 0 Å². The van der Waals surface area contributed by atoms with E-state index < -0.39 is 0 Å². The molecule has 0 spiro atoms. The molecule has 0 saturated carbocycles. The van der Waals surface area contributed by atoms with Gasteiger partial charge >= 0.3 is 17.4 Å². The summed E-state index contributed by atoms with van der Waals surface area (Å²) in [5, 5.41) is 0. The molecule has 0 saturated heterocycles. The zero-order valence-corrected chi connectivity index (χ0v) is 12.5. The van der Waals surface area contributed by atoms with Gasteiger partial charge in [-0.3, -0.25) is 20.4 Å². The predicted octanol–water partition coefficient (Wildman–Crippen LogP) is 2.74. The number of hydrogen-bond acceptors (Lipinski definition) is 3. The Hall–Kier alpha value is -1.24. The molecular formula is C14H20CrO3. The van der Waals surface area contributed by atoms with Gasteiger partial charge in [-0.1, -0.05) is 38.1 Å². The molecule has 0 amide bonds. The first-order valence-corrected chi connectivity index (χ1v) is 4.48. The van der Waals surface area contributed by atoms with E-state index in [1.165, 1.54) is 11.1 Å². The zero-order chi connectivity index (χ0) is 13.6. The van der Waals surface area contributed by atoms with Crippen LogP contribution in [0.25, 0.3) is 0 Å². The van der Waals surface area contributed by atoms with Crippen LogP contribution in [0.4, 0.5) is 0 Å². The second-order valence-corrected chi connectivity index (χ2v) is 3.01. The molecule has 100 valence electrons. The fourth-order valence-corrected chi connectivity index (χ4v) is 1.23. The molecule has 1 aromatic carbocycles. The number of hydrogen-bond donors (Lipinski definition) is 0. The van der Waals surface area contributed by atoms with Crippen LogP contribution in [0.15, 0.2) is 24.3 Å². The first-order chi connectivity index (χ1) is 7.72. The second kappa shape index (κ2) is 24.8. The maximum atomic E-state index is 7.75. The van der Waals surface area contributed by atoms with Crippen molar-refractivity contribution in [2.45, 2.75) is 26.7 Å². The third kappa shape index (κ3) is 14.8. The molecular weight excluding hydrogens is 268 g/mol. The van der Waals surface area contributed by atoms with Gasteiger partial charge in [0.05, 0.1) is 0 Å². The summed E-state index contributed by atoms with van der Waals surface area (Å²) in [6, 6.07) is 8.54. The first kappa shape index (κ1) is 30.1. The van der Waals surface area contributed by atoms with Crippen molar-refractivity contribution in [1.82, 2.24) is 0 Å². The van der Waals surface area contributed by atoms with Gasteiger partial charge in [-0.2, -0.15) is 0 Å². The summed E-state index contributed by atoms with van der Waals surface area (Å²) < 4.78 is 0. The average molecular weight is 288 g/mol. The van der Waals surface area contributed by atoms with Crippen LogP contribution in [0.2, 0.25) is 0 Å². The van der Waals surface area contributed by atoms with Gasteiger partial charge in [0.2, 0.25) is 0 Å². The maximum Gasteiger partial charge on any atom is 4.00 e. The third-order valence-corrected chi connectivity index (χ3v) is 1.81. The van der Waals surface area contributed by atoms with E-state index in [-0.39, 0.29) is 24.8 Å². The minimum absolute atomic E-state index is 0. The first-order valence-electron chi connectivity index (χ1n) is 4.48. The molecule has 1 aromatic rings. The van der Waals surface area contributed by atoms with Gasteiger partial charge < -0.3 is 21.8 Å². The van der Waals surface area contributed by atoms with E-state index in [1.54, 1.807) is 0 Å². The predicted molar refractivity (Wildman–Crippen MR) is 71.9 cm³/mol. The summed E-state index contributed by atoms with van der Waals surface area (Å²) in [4.78, 5) is 23.2. The van der Waals surface area contributed by atoms with Crippen molar-refractivity contribution in [1.29, 1.82) is 0 Å². The Morgan fingerprint density at radius 1 is 0.889 bits per heavy atom. The molecule has 0 radical (unpaired) electrons. The Bertz CT molecular complexity index is 260. The summed E-state index contributed by atoms with van der Waals surface area (Å²) in [5.74, 6) is 0.654. The van der Waals surface area contributed by atoms with Crippen LogP contribution in [0.1, 0.15) is 30.9 Å². The SMILES string of the molecule is Cc1ccccc1C(C)C.[CH-]=O.[CH-]=O.[CH-]=O.[CH3-].[Cr+4]. The van der Waals surface area contributed by atoms with E-state index in [2.05, 4.69) is 65.4 Å². The molecule has 0 fully saturated rings.